The van der Waals surface area contributed by atoms with Crippen LogP contribution in [0.1, 0.15) is 46.0 Å². The maximum atomic E-state index is 10.8. The minimum Gasteiger partial charge on any atom is -0.389 e. The summed E-state index contributed by atoms with van der Waals surface area (Å²) in [5.41, 5.74) is 4.99. The van der Waals surface area contributed by atoms with Crippen LogP contribution in [0.4, 0.5) is 0 Å². The first kappa shape index (κ1) is 13.3. The van der Waals surface area contributed by atoms with Crippen molar-refractivity contribution in [3.63, 3.8) is 0 Å². The first-order valence-electron chi connectivity index (χ1n) is 6.70. The van der Waals surface area contributed by atoms with Gasteiger partial charge in [0.15, 0.2) is 5.79 Å². The minimum absolute atomic E-state index is 0.201. The first-order chi connectivity index (χ1) is 7.99. The number of hydrogen-bond acceptors (Lipinski definition) is 4. The van der Waals surface area contributed by atoms with E-state index in [4.69, 9.17) is 15.2 Å². The highest BCUT2D eigenvalue weighted by molar-refractivity contribution is 5.01. The molecule has 0 aromatic carbocycles. The highest BCUT2D eigenvalue weighted by Gasteiger charge is 2.52. The fourth-order valence-corrected chi connectivity index (χ4v) is 3.10. The Morgan fingerprint density at radius 3 is 2.12 bits per heavy atom. The molecule has 0 aromatic heterocycles. The van der Waals surface area contributed by atoms with Crippen molar-refractivity contribution in [3.05, 3.63) is 0 Å². The van der Waals surface area contributed by atoms with Crippen LogP contribution in [0.15, 0.2) is 0 Å². The van der Waals surface area contributed by atoms with Gasteiger partial charge in [0.25, 0.3) is 0 Å². The summed E-state index contributed by atoms with van der Waals surface area (Å²) in [6.07, 6.45) is 3.88. The van der Waals surface area contributed by atoms with Crippen LogP contribution in [0.25, 0.3) is 0 Å². The summed E-state index contributed by atoms with van der Waals surface area (Å²) >= 11 is 0. The molecule has 1 unspecified atom stereocenters. The fraction of sp³-hybridized carbons (Fsp3) is 1.00. The highest BCUT2D eigenvalue weighted by Crippen LogP contribution is 2.48. The third kappa shape index (κ3) is 2.12. The first-order valence-corrected chi connectivity index (χ1v) is 6.70. The molecule has 0 bridgehead atoms. The summed E-state index contributed by atoms with van der Waals surface area (Å²) in [5, 5.41) is 10.8. The van der Waals surface area contributed by atoms with Gasteiger partial charge < -0.3 is 20.3 Å². The van der Waals surface area contributed by atoms with Gasteiger partial charge in [-0.05, 0) is 19.3 Å². The second-order valence-electron chi connectivity index (χ2n) is 5.76. The molecule has 2 rings (SSSR count). The van der Waals surface area contributed by atoms with Crippen molar-refractivity contribution < 1.29 is 14.6 Å². The van der Waals surface area contributed by atoms with Gasteiger partial charge in [0.2, 0.25) is 0 Å². The lowest BCUT2D eigenvalue weighted by Gasteiger charge is -2.49. The molecule has 1 aliphatic heterocycles. The Kier molecular flexibility index (Phi) is 3.51. The fourth-order valence-electron chi connectivity index (χ4n) is 3.10. The van der Waals surface area contributed by atoms with Crippen molar-refractivity contribution in [1.29, 1.82) is 0 Å². The Morgan fingerprint density at radius 2 is 1.71 bits per heavy atom. The molecule has 1 heterocycles. The molecule has 100 valence electrons. The summed E-state index contributed by atoms with van der Waals surface area (Å²) in [7, 11) is 0. The van der Waals surface area contributed by atoms with Crippen molar-refractivity contribution >= 4 is 0 Å². The van der Waals surface area contributed by atoms with E-state index < -0.39 is 11.4 Å². The second-order valence-corrected chi connectivity index (χ2v) is 5.76. The van der Waals surface area contributed by atoms with Gasteiger partial charge in [-0.1, -0.05) is 13.8 Å². The van der Waals surface area contributed by atoms with Crippen LogP contribution in [0.5, 0.6) is 0 Å². The molecule has 4 heteroatoms. The summed E-state index contributed by atoms with van der Waals surface area (Å²) in [6, 6.07) is 0. The summed E-state index contributed by atoms with van der Waals surface area (Å²) in [5.74, 6) is -0.407. The van der Waals surface area contributed by atoms with Gasteiger partial charge in [-0.2, -0.15) is 0 Å². The van der Waals surface area contributed by atoms with Gasteiger partial charge in [0, 0.05) is 24.8 Å². The monoisotopic (exact) mass is 243 g/mol. The average Bonchev–Trinajstić information content (AvgIpc) is 2.81. The van der Waals surface area contributed by atoms with Gasteiger partial charge in [-0.25, -0.2) is 0 Å². The minimum atomic E-state index is -0.670. The molecule has 4 nitrogen and oxygen atoms in total. The standard InChI is InChI=1S/C13H25NO3/c1-3-11(2,10-14)12(15)4-6-13(7-5-12)16-8-9-17-13/h15H,3-10,14H2,1-2H3. The van der Waals surface area contributed by atoms with E-state index in [9.17, 15) is 5.11 Å². The zero-order valence-corrected chi connectivity index (χ0v) is 11.0. The van der Waals surface area contributed by atoms with Crippen molar-refractivity contribution in [1.82, 2.24) is 0 Å². The highest BCUT2D eigenvalue weighted by atomic mass is 16.7. The Hall–Kier alpha value is -0.160. The summed E-state index contributed by atoms with van der Waals surface area (Å²) < 4.78 is 11.4. The largest absolute Gasteiger partial charge is 0.389 e. The molecule has 0 radical (unpaired) electrons. The molecule has 1 saturated carbocycles. The topological polar surface area (TPSA) is 64.7 Å². The van der Waals surface area contributed by atoms with Crippen LogP contribution < -0.4 is 5.73 Å². The molecule has 0 amide bonds. The van der Waals surface area contributed by atoms with Gasteiger partial charge in [0.05, 0.1) is 18.8 Å². The smallest absolute Gasteiger partial charge is 0.168 e. The van der Waals surface area contributed by atoms with Gasteiger partial charge in [-0.15, -0.1) is 0 Å². The van der Waals surface area contributed by atoms with E-state index in [0.29, 0.717) is 32.6 Å². The van der Waals surface area contributed by atoms with Gasteiger partial charge >= 0.3 is 0 Å². The molecule has 1 atom stereocenters. The molecule has 0 aromatic rings. The zero-order chi connectivity index (χ0) is 12.6. The van der Waals surface area contributed by atoms with E-state index in [-0.39, 0.29) is 5.41 Å². The van der Waals surface area contributed by atoms with E-state index in [2.05, 4.69) is 13.8 Å². The van der Waals surface area contributed by atoms with Crippen molar-refractivity contribution in [2.75, 3.05) is 19.8 Å². The Bertz CT molecular complexity index is 260. The van der Waals surface area contributed by atoms with E-state index >= 15 is 0 Å². The maximum absolute atomic E-state index is 10.8. The van der Waals surface area contributed by atoms with Crippen LogP contribution in [0.3, 0.4) is 0 Å². The Morgan fingerprint density at radius 1 is 1.18 bits per heavy atom. The van der Waals surface area contributed by atoms with Crippen molar-refractivity contribution in [2.24, 2.45) is 11.1 Å². The van der Waals surface area contributed by atoms with E-state index in [0.717, 1.165) is 19.3 Å². The predicted octanol–water partition coefficient (Wildman–Crippen LogP) is 1.41. The van der Waals surface area contributed by atoms with E-state index in [1.165, 1.54) is 0 Å². The van der Waals surface area contributed by atoms with Crippen LogP contribution in [-0.4, -0.2) is 36.3 Å². The van der Waals surface area contributed by atoms with Crippen LogP contribution >= 0.6 is 0 Å². The normalized spacial score (nSPS) is 30.4. The molecule has 3 N–H and O–H groups in total. The molecular weight excluding hydrogens is 218 g/mol. The van der Waals surface area contributed by atoms with Crippen molar-refractivity contribution in [2.45, 2.75) is 57.3 Å². The molecule has 1 spiro atoms. The van der Waals surface area contributed by atoms with Crippen LogP contribution in [0, 0.1) is 5.41 Å². The molecule has 17 heavy (non-hydrogen) atoms. The third-order valence-electron chi connectivity index (χ3n) is 5.01. The Balaban J connectivity index is 2.06. The summed E-state index contributed by atoms with van der Waals surface area (Å²) in [4.78, 5) is 0. The lowest BCUT2D eigenvalue weighted by molar-refractivity contribution is -0.220. The summed E-state index contributed by atoms with van der Waals surface area (Å²) in [6.45, 7) is 6.06. The van der Waals surface area contributed by atoms with Gasteiger partial charge in [0.1, 0.15) is 0 Å². The molecule has 2 aliphatic rings. The second kappa shape index (κ2) is 4.50. The molecule has 2 fully saturated rings. The SMILES string of the molecule is CCC(C)(CN)C1(O)CCC2(CC1)OCCO2. The van der Waals surface area contributed by atoms with Crippen LogP contribution in [-0.2, 0) is 9.47 Å². The number of ether oxygens (including phenoxy) is 2. The predicted molar refractivity (Wildman–Crippen MR) is 65.5 cm³/mol. The molecular formula is C13H25NO3. The molecule has 1 saturated heterocycles. The lowest BCUT2D eigenvalue weighted by Crippen LogP contribution is -2.55. The van der Waals surface area contributed by atoms with Crippen LogP contribution in [0.2, 0.25) is 0 Å². The van der Waals surface area contributed by atoms with E-state index in [1.807, 2.05) is 0 Å². The average molecular weight is 243 g/mol. The number of aliphatic hydroxyl groups is 1. The molecule has 1 aliphatic carbocycles. The number of rotatable bonds is 3. The zero-order valence-electron chi connectivity index (χ0n) is 11.0. The number of hydrogen-bond donors (Lipinski definition) is 2. The van der Waals surface area contributed by atoms with Crippen molar-refractivity contribution in [3.8, 4) is 0 Å². The Labute approximate surface area is 103 Å². The van der Waals surface area contributed by atoms with Gasteiger partial charge in [-0.3, -0.25) is 0 Å². The maximum Gasteiger partial charge on any atom is 0.168 e. The lowest BCUT2D eigenvalue weighted by atomic mass is 9.63. The number of nitrogens with two attached hydrogens (primary N) is 1. The third-order valence-corrected chi connectivity index (χ3v) is 5.01. The quantitative estimate of drug-likeness (QED) is 0.786. The van der Waals surface area contributed by atoms with E-state index in [1.54, 1.807) is 0 Å².